The van der Waals surface area contributed by atoms with Gasteiger partial charge in [-0.1, -0.05) is 94.4 Å². The van der Waals surface area contributed by atoms with Crippen LogP contribution in [0.1, 0.15) is 94.4 Å². The second-order valence-electron chi connectivity index (χ2n) is 3.54. The van der Waals surface area contributed by atoms with Crippen molar-refractivity contribution in [2.75, 3.05) is 0 Å². The van der Waals surface area contributed by atoms with Gasteiger partial charge in [-0.2, -0.15) is 0 Å². The Bertz CT molecular complexity index is 44.0. The van der Waals surface area contributed by atoms with Crippen molar-refractivity contribution in [1.82, 2.24) is 0 Å². The summed E-state index contributed by atoms with van der Waals surface area (Å²) in [5, 5.41) is 0. The van der Waals surface area contributed by atoms with Crippen LogP contribution >= 0.6 is 0 Å². The zero-order valence-electron chi connectivity index (χ0n) is 13.1. The highest BCUT2D eigenvalue weighted by Gasteiger charge is 1.88. The van der Waals surface area contributed by atoms with E-state index in [-0.39, 0.29) is 0 Å². The second-order valence-corrected chi connectivity index (χ2v) is 3.54. The highest BCUT2D eigenvalue weighted by Crippen LogP contribution is 2.04. The molecular weight excluding hydrogens is 180 g/mol. The van der Waals surface area contributed by atoms with Crippen molar-refractivity contribution in [2.24, 2.45) is 5.92 Å². The van der Waals surface area contributed by atoms with Crippen molar-refractivity contribution >= 4 is 0 Å². The molecule has 0 aliphatic heterocycles. The van der Waals surface area contributed by atoms with Crippen LogP contribution in [0.15, 0.2) is 0 Å². The van der Waals surface area contributed by atoms with Crippen molar-refractivity contribution in [3.05, 3.63) is 0 Å². The van der Waals surface area contributed by atoms with Crippen LogP contribution in [0.5, 0.6) is 0 Å². The van der Waals surface area contributed by atoms with E-state index in [9.17, 15) is 0 Å². The van der Waals surface area contributed by atoms with E-state index in [1.54, 1.807) is 0 Å². The average Bonchev–Trinajstić information content (AvgIpc) is 2.32. The van der Waals surface area contributed by atoms with Gasteiger partial charge < -0.3 is 0 Å². The number of hydrogen-bond donors (Lipinski definition) is 0. The van der Waals surface area contributed by atoms with Gasteiger partial charge in [0.1, 0.15) is 0 Å². The predicted molar refractivity (Wildman–Crippen MR) is 77.6 cm³/mol. The fourth-order valence-electron chi connectivity index (χ4n) is 0.612. The molecule has 0 atom stereocenters. The van der Waals surface area contributed by atoms with Crippen LogP contribution in [-0.2, 0) is 0 Å². The lowest BCUT2D eigenvalue weighted by Gasteiger charge is -1.98. The van der Waals surface area contributed by atoms with Crippen molar-refractivity contribution in [2.45, 2.75) is 94.4 Å². The maximum atomic E-state index is 2.27. The van der Waals surface area contributed by atoms with E-state index in [0.29, 0.717) is 0 Å². The fraction of sp³-hybridized carbons (Fsp3) is 1.00. The van der Waals surface area contributed by atoms with Gasteiger partial charge in [0.15, 0.2) is 0 Å². The van der Waals surface area contributed by atoms with Crippen LogP contribution in [-0.4, -0.2) is 0 Å². The summed E-state index contributed by atoms with van der Waals surface area (Å²) in [5.74, 6) is 0.903. The maximum Gasteiger partial charge on any atom is -0.0471 e. The first-order valence-electron chi connectivity index (χ1n) is 7.18. The molecular formula is C15H38. The third-order valence-electron chi connectivity index (χ3n) is 1.64. The van der Waals surface area contributed by atoms with Gasteiger partial charge >= 0.3 is 0 Å². The molecule has 0 fully saturated rings. The summed E-state index contributed by atoms with van der Waals surface area (Å²) in [4.78, 5) is 0. The number of rotatable bonds is 4. The molecule has 0 aliphatic rings. The van der Waals surface area contributed by atoms with Gasteiger partial charge in [0.05, 0.1) is 0 Å². The topological polar surface area (TPSA) is 0 Å². The molecule has 0 unspecified atom stereocenters. The molecule has 98 valence electrons. The maximum absolute atomic E-state index is 2.27. The Morgan fingerprint density at radius 3 is 1.07 bits per heavy atom. The molecule has 0 aromatic heterocycles. The molecule has 0 aliphatic carbocycles. The Balaban J connectivity index is -0.0000000647. The van der Waals surface area contributed by atoms with Crippen molar-refractivity contribution in [3.63, 3.8) is 0 Å². The fourth-order valence-corrected chi connectivity index (χ4v) is 0.612. The van der Waals surface area contributed by atoms with Crippen LogP contribution in [0.25, 0.3) is 0 Å². The van der Waals surface area contributed by atoms with Crippen molar-refractivity contribution < 1.29 is 0 Å². The van der Waals surface area contributed by atoms with E-state index in [1.807, 2.05) is 27.7 Å². The molecule has 0 heteroatoms. The summed E-state index contributed by atoms with van der Waals surface area (Å²) in [7, 11) is 0. The molecule has 0 spiro atoms. The van der Waals surface area contributed by atoms with Gasteiger partial charge in [0, 0.05) is 0 Å². The molecule has 0 aromatic rings. The third-order valence-corrected chi connectivity index (χ3v) is 1.64. The Kier molecular flexibility index (Phi) is 59.9. The molecule has 0 rings (SSSR count). The summed E-state index contributed by atoms with van der Waals surface area (Å²) < 4.78 is 0. The SMILES string of the molecule is CC.CC.CCCC.CCCCC(C)C. The van der Waals surface area contributed by atoms with Crippen LogP contribution in [0.2, 0.25) is 0 Å². The number of unbranched alkanes of at least 4 members (excludes halogenated alkanes) is 2. The largest absolute Gasteiger partial charge is 0.0683 e. The van der Waals surface area contributed by atoms with E-state index in [1.165, 1.54) is 32.1 Å². The number of hydrogen-bond acceptors (Lipinski definition) is 0. The van der Waals surface area contributed by atoms with Crippen LogP contribution in [0, 0.1) is 5.92 Å². The normalized spacial score (nSPS) is 7.60. The van der Waals surface area contributed by atoms with Gasteiger partial charge in [-0.25, -0.2) is 0 Å². The first-order valence-corrected chi connectivity index (χ1v) is 7.18. The molecule has 0 radical (unpaired) electrons. The quantitative estimate of drug-likeness (QED) is 0.493. The summed E-state index contributed by atoms with van der Waals surface area (Å²) >= 11 is 0. The van der Waals surface area contributed by atoms with E-state index in [0.717, 1.165) is 5.92 Å². The zero-order chi connectivity index (χ0) is 13.1. The third kappa shape index (κ3) is 80.6. The van der Waals surface area contributed by atoms with Crippen LogP contribution in [0.3, 0.4) is 0 Å². The summed E-state index contributed by atoms with van der Waals surface area (Å²) in [6, 6.07) is 0. The second kappa shape index (κ2) is 37.0. The Morgan fingerprint density at radius 2 is 1.00 bits per heavy atom. The van der Waals surface area contributed by atoms with Gasteiger partial charge in [0.2, 0.25) is 0 Å². The van der Waals surface area contributed by atoms with Gasteiger partial charge in [0.25, 0.3) is 0 Å². The zero-order valence-corrected chi connectivity index (χ0v) is 13.1. The van der Waals surface area contributed by atoms with Gasteiger partial charge in [-0.3, -0.25) is 0 Å². The Hall–Kier alpha value is 0. The van der Waals surface area contributed by atoms with E-state index >= 15 is 0 Å². The lowest BCUT2D eigenvalue weighted by atomic mass is 10.1. The summed E-state index contributed by atoms with van der Waals surface area (Å²) in [5.41, 5.74) is 0. The van der Waals surface area contributed by atoms with Crippen molar-refractivity contribution in [3.8, 4) is 0 Å². The summed E-state index contributed by atoms with van der Waals surface area (Å²) in [6.07, 6.45) is 6.78. The Morgan fingerprint density at radius 1 is 0.667 bits per heavy atom. The van der Waals surface area contributed by atoms with Crippen LogP contribution < -0.4 is 0 Å². The minimum Gasteiger partial charge on any atom is -0.0683 e. The van der Waals surface area contributed by atoms with Gasteiger partial charge in [-0.05, 0) is 5.92 Å². The molecule has 0 nitrogen and oxygen atoms in total. The molecule has 0 heterocycles. The molecule has 0 aromatic carbocycles. The smallest absolute Gasteiger partial charge is 0.0471 e. The molecule has 0 saturated carbocycles. The van der Waals surface area contributed by atoms with E-state index in [2.05, 4.69) is 34.6 Å². The Labute approximate surface area is 101 Å². The van der Waals surface area contributed by atoms with Crippen LogP contribution in [0.4, 0.5) is 0 Å². The molecule has 15 heavy (non-hydrogen) atoms. The molecule has 0 bridgehead atoms. The monoisotopic (exact) mass is 218 g/mol. The molecule has 0 saturated heterocycles. The van der Waals surface area contributed by atoms with E-state index < -0.39 is 0 Å². The highest BCUT2D eigenvalue weighted by molar-refractivity contribution is 4.42. The van der Waals surface area contributed by atoms with E-state index in [4.69, 9.17) is 0 Å². The highest BCUT2D eigenvalue weighted by atomic mass is 13.9. The predicted octanol–water partition coefficient (Wildman–Crippen LogP) is 6.69. The molecule has 0 N–H and O–H groups in total. The summed E-state index contributed by atoms with van der Waals surface area (Å²) in [6.45, 7) is 19.1. The standard InChI is InChI=1S/C7H16.C4H10.2C2H6/c1-4-5-6-7(2)3;1-3-4-2;2*1-2/h7H,4-6H2,1-3H3;3-4H2,1-2H3;2*1-2H3. The minimum atomic E-state index is 0.903. The van der Waals surface area contributed by atoms with Crippen molar-refractivity contribution in [1.29, 1.82) is 0 Å². The lowest BCUT2D eigenvalue weighted by Crippen LogP contribution is -1.83. The molecule has 0 amide bonds. The average molecular weight is 218 g/mol. The van der Waals surface area contributed by atoms with Gasteiger partial charge in [-0.15, -0.1) is 0 Å². The lowest BCUT2D eigenvalue weighted by molar-refractivity contribution is 0.550. The minimum absolute atomic E-state index is 0.903. The first kappa shape index (κ1) is 24.3. The first-order chi connectivity index (χ1) is 7.18.